The van der Waals surface area contributed by atoms with Crippen LogP contribution < -0.4 is 0 Å². The molecule has 1 aromatic carbocycles. The van der Waals surface area contributed by atoms with Crippen molar-refractivity contribution in [3.8, 4) is 0 Å². The third-order valence-electron chi connectivity index (χ3n) is 2.56. The zero-order chi connectivity index (χ0) is 13.6. The van der Waals surface area contributed by atoms with Gasteiger partial charge in [-0.05, 0) is 34.5 Å². The number of hydrogen-bond acceptors (Lipinski definition) is 3. The highest BCUT2D eigenvalue weighted by Gasteiger charge is 2.25. The number of nitrogens with zero attached hydrogens (tertiary/aromatic N) is 1. The molecule has 0 saturated carbocycles. The SMILES string of the molecule is CCCCN(CCO)S(=O)(=O)c1ccccc1Br. The Morgan fingerprint density at radius 2 is 1.94 bits per heavy atom. The van der Waals surface area contributed by atoms with Gasteiger partial charge in [-0.2, -0.15) is 4.31 Å². The van der Waals surface area contributed by atoms with Crippen LogP contribution in [0.15, 0.2) is 33.6 Å². The number of hydrogen-bond donors (Lipinski definition) is 1. The molecule has 0 fully saturated rings. The number of aliphatic hydroxyl groups excluding tert-OH is 1. The lowest BCUT2D eigenvalue weighted by Crippen LogP contribution is -2.34. The smallest absolute Gasteiger partial charge is 0.244 e. The summed E-state index contributed by atoms with van der Waals surface area (Å²) in [5.74, 6) is 0. The molecule has 102 valence electrons. The molecule has 4 nitrogen and oxygen atoms in total. The zero-order valence-electron chi connectivity index (χ0n) is 10.3. The third-order valence-corrected chi connectivity index (χ3v) is 5.48. The lowest BCUT2D eigenvalue weighted by molar-refractivity contribution is 0.252. The van der Waals surface area contributed by atoms with Crippen molar-refractivity contribution in [2.24, 2.45) is 0 Å². The summed E-state index contributed by atoms with van der Waals surface area (Å²) in [5.41, 5.74) is 0. The van der Waals surface area contributed by atoms with E-state index in [4.69, 9.17) is 5.11 Å². The normalized spacial score (nSPS) is 12.0. The number of benzene rings is 1. The minimum absolute atomic E-state index is 0.129. The standard InChI is InChI=1S/C12H18BrNO3S/c1-2-3-8-14(9-10-15)18(16,17)12-7-5-4-6-11(12)13/h4-7,15H,2-3,8-10H2,1H3. The fourth-order valence-corrected chi connectivity index (χ4v) is 4.02. The van der Waals surface area contributed by atoms with Crippen LogP contribution in [0.5, 0.6) is 0 Å². The molecular weight excluding hydrogens is 318 g/mol. The van der Waals surface area contributed by atoms with Gasteiger partial charge in [0.15, 0.2) is 0 Å². The van der Waals surface area contributed by atoms with E-state index < -0.39 is 10.0 Å². The van der Waals surface area contributed by atoms with Crippen LogP contribution in [0, 0.1) is 0 Å². The summed E-state index contributed by atoms with van der Waals surface area (Å²) < 4.78 is 26.7. The Hall–Kier alpha value is -0.430. The quantitative estimate of drug-likeness (QED) is 0.831. The number of aliphatic hydroxyl groups is 1. The highest BCUT2D eigenvalue weighted by Crippen LogP contribution is 2.24. The lowest BCUT2D eigenvalue weighted by Gasteiger charge is -2.21. The van der Waals surface area contributed by atoms with Crippen molar-refractivity contribution in [3.05, 3.63) is 28.7 Å². The fourth-order valence-electron chi connectivity index (χ4n) is 1.59. The topological polar surface area (TPSA) is 57.6 Å². The largest absolute Gasteiger partial charge is 0.395 e. The van der Waals surface area contributed by atoms with Gasteiger partial charge < -0.3 is 5.11 Å². The van der Waals surface area contributed by atoms with E-state index in [1.165, 1.54) is 4.31 Å². The van der Waals surface area contributed by atoms with Gasteiger partial charge >= 0.3 is 0 Å². The molecule has 0 spiro atoms. The summed E-state index contributed by atoms with van der Waals surface area (Å²) in [6.45, 7) is 2.39. The number of unbranched alkanes of at least 4 members (excludes halogenated alkanes) is 1. The van der Waals surface area contributed by atoms with Crippen LogP contribution in [0.2, 0.25) is 0 Å². The zero-order valence-corrected chi connectivity index (χ0v) is 12.7. The van der Waals surface area contributed by atoms with Crippen molar-refractivity contribution in [1.29, 1.82) is 0 Å². The van der Waals surface area contributed by atoms with Crippen molar-refractivity contribution >= 4 is 26.0 Å². The molecule has 0 bridgehead atoms. The lowest BCUT2D eigenvalue weighted by atomic mass is 10.3. The monoisotopic (exact) mass is 335 g/mol. The van der Waals surface area contributed by atoms with E-state index >= 15 is 0 Å². The van der Waals surface area contributed by atoms with E-state index in [0.717, 1.165) is 12.8 Å². The molecule has 18 heavy (non-hydrogen) atoms. The Morgan fingerprint density at radius 1 is 1.28 bits per heavy atom. The van der Waals surface area contributed by atoms with Gasteiger partial charge in [0.2, 0.25) is 10.0 Å². The summed E-state index contributed by atoms with van der Waals surface area (Å²) in [4.78, 5) is 0.245. The molecule has 0 aliphatic heterocycles. The summed E-state index contributed by atoms with van der Waals surface area (Å²) in [6, 6.07) is 6.72. The summed E-state index contributed by atoms with van der Waals surface area (Å²) >= 11 is 3.25. The number of sulfonamides is 1. The minimum Gasteiger partial charge on any atom is -0.395 e. The second kappa shape index (κ2) is 7.23. The van der Waals surface area contributed by atoms with E-state index in [1.54, 1.807) is 24.3 Å². The van der Waals surface area contributed by atoms with Crippen molar-refractivity contribution in [3.63, 3.8) is 0 Å². The summed E-state index contributed by atoms with van der Waals surface area (Å²) in [7, 11) is -3.54. The maximum absolute atomic E-state index is 12.4. The van der Waals surface area contributed by atoms with E-state index in [2.05, 4.69) is 15.9 Å². The molecule has 0 saturated heterocycles. The van der Waals surface area contributed by atoms with Gasteiger partial charge in [-0.15, -0.1) is 0 Å². The first-order valence-electron chi connectivity index (χ1n) is 5.89. The van der Waals surface area contributed by atoms with E-state index in [-0.39, 0.29) is 18.0 Å². The van der Waals surface area contributed by atoms with Crippen LogP contribution in [-0.4, -0.2) is 37.5 Å². The second-order valence-corrected chi connectivity index (χ2v) is 6.67. The molecular formula is C12H18BrNO3S. The van der Waals surface area contributed by atoms with Crippen molar-refractivity contribution in [1.82, 2.24) is 4.31 Å². The molecule has 1 aromatic rings. The van der Waals surface area contributed by atoms with E-state index in [9.17, 15) is 8.42 Å². The molecule has 0 atom stereocenters. The second-order valence-electron chi connectivity index (χ2n) is 3.91. The van der Waals surface area contributed by atoms with Crippen LogP contribution >= 0.6 is 15.9 Å². The molecule has 6 heteroatoms. The maximum Gasteiger partial charge on any atom is 0.244 e. The maximum atomic E-state index is 12.4. The van der Waals surface area contributed by atoms with Crippen molar-refractivity contribution in [2.45, 2.75) is 24.7 Å². The van der Waals surface area contributed by atoms with E-state index in [1.807, 2.05) is 6.92 Å². The minimum atomic E-state index is -3.54. The Balaban J connectivity index is 3.05. The molecule has 1 rings (SSSR count). The van der Waals surface area contributed by atoms with Crippen molar-refractivity contribution < 1.29 is 13.5 Å². The Morgan fingerprint density at radius 3 is 2.50 bits per heavy atom. The molecule has 0 unspecified atom stereocenters. The first kappa shape index (κ1) is 15.6. The van der Waals surface area contributed by atoms with E-state index in [0.29, 0.717) is 11.0 Å². The van der Waals surface area contributed by atoms with Crippen LogP contribution in [0.25, 0.3) is 0 Å². The van der Waals surface area contributed by atoms with Gasteiger partial charge in [-0.25, -0.2) is 8.42 Å². The predicted molar refractivity (Wildman–Crippen MR) is 74.9 cm³/mol. The van der Waals surface area contributed by atoms with Crippen LogP contribution in [0.1, 0.15) is 19.8 Å². The molecule has 0 aliphatic rings. The molecule has 1 N–H and O–H groups in total. The Labute approximate surface area is 117 Å². The highest BCUT2D eigenvalue weighted by molar-refractivity contribution is 9.10. The van der Waals surface area contributed by atoms with Crippen LogP contribution in [0.3, 0.4) is 0 Å². The van der Waals surface area contributed by atoms with Crippen LogP contribution in [-0.2, 0) is 10.0 Å². The summed E-state index contributed by atoms with van der Waals surface area (Å²) in [5, 5.41) is 9.00. The molecule has 0 amide bonds. The van der Waals surface area contributed by atoms with Gasteiger partial charge in [0, 0.05) is 17.6 Å². The van der Waals surface area contributed by atoms with Gasteiger partial charge in [-0.3, -0.25) is 0 Å². The Kier molecular flexibility index (Phi) is 6.28. The van der Waals surface area contributed by atoms with Crippen LogP contribution in [0.4, 0.5) is 0 Å². The number of rotatable bonds is 7. The average Bonchev–Trinajstić information content (AvgIpc) is 2.34. The fraction of sp³-hybridized carbons (Fsp3) is 0.500. The van der Waals surface area contributed by atoms with Crippen molar-refractivity contribution in [2.75, 3.05) is 19.7 Å². The Bertz CT molecular complexity index is 476. The first-order chi connectivity index (χ1) is 8.54. The predicted octanol–water partition coefficient (Wildman–Crippen LogP) is 2.23. The molecule has 0 heterocycles. The van der Waals surface area contributed by atoms with Gasteiger partial charge in [0.25, 0.3) is 0 Å². The highest BCUT2D eigenvalue weighted by atomic mass is 79.9. The number of halogens is 1. The van der Waals surface area contributed by atoms with Gasteiger partial charge in [-0.1, -0.05) is 25.5 Å². The summed E-state index contributed by atoms with van der Waals surface area (Å²) in [6.07, 6.45) is 1.69. The molecule has 0 aliphatic carbocycles. The van der Waals surface area contributed by atoms with Gasteiger partial charge in [0.1, 0.15) is 0 Å². The molecule has 0 aromatic heterocycles. The third kappa shape index (κ3) is 3.78. The molecule has 0 radical (unpaired) electrons. The van der Waals surface area contributed by atoms with Gasteiger partial charge in [0.05, 0.1) is 11.5 Å². The average molecular weight is 336 g/mol. The first-order valence-corrected chi connectivity index (χ1v) is 8.13.